The van der Waals surface area contributed by atoms with Gasteiger partial charge in [0.2, 0.25) is 0 Å². The summed E-state index contributed by atoms with van der Waals surface area (Å²) in [5.41, 5.74) is 3.74. The van der Waals surface area contributed by atoms with Gasteiger partial charge in [-0.15, -0.1) is 0 Å². The first-order chi connectivity index (χ1) is 14.1. The van der Waals surface area contributed by atoms with Crippen LogP contribution in [0.4, 0.5) is 0 Å². The topological polar surface area (TPSA) is 64.6 Å². The second kappa shape index (κ2) is 9.77. The molecule has 1 aromatic carbocycles. The van der Waals surface area contributed by atoms with Crippen molar-refractivity contribution in [1.29, 1.82) is 0 Å². The third-order valence-corrected chi connectivity index (χ3v) is 5.51. The maximum absolute atomic E-state index is 13.1. The number of allylic oxidation sites excluding steroid dienone is 3. The standard InChI is InChI=1S/C24H31NO4/c1-4-6-9-15-29-24(27)21-16(3)25-18-12-10-13-19(26)23(18)22(21)17-11-7-8-14-20(17)28-5-2/h7-8,11,14,22,25H,4-6,9-10,12-13,15H2,1-3H3/t22-/m1/s1. The first-order valence-electron chi connectivity index (χ1n) is 10.7. The second-order valence-electron chi connectivity index (χ2n) is 7.58. The van der Waals surface area contributed by atoms with Gasteiger partial charge in [0.25, 0.3) is 0 Å². The largest absolute Gasteiger partial charge is 0.494 e. The van der Waals surface area contributed by atoms with Crippen LogP contribution < -0.4 is 10.1 Å². The number of ketones is 1. The van der Waals surface area contributed by atoms with Crippen molar-refractivity contribution in [3.05, 3.63) is 52.4 Å². The number of hydrogen-bond acceptors (Lipinski definition) is 5. The number of benzene rings is 1. The van der Waals surface area contributed by atoms with E-state index >= 15 is 0 Å². The van der Waals surface area contributed by atoms with Crippen LogP contribution in [0.5, 0.6) is 5.75 Å². The molecule has 0 unspecified atom stereocenters. The number of Topliss-reactive ketones (excluding diaryl/α,β-unsaturated/α-hetero) is 1. The summed E-state index contributed by atoms with van der Waals surface area (Å²) in [5.74, 6) is -0.0113. The van der Waals surface area contributed by atoms with Gasteiger partial charge in [0, 0.05) is 29.0 Å². The highest BCUT2D eigenvalue weighted by atomic mass is 16.5. The van der Waals surface area contributed by atoms with Gasteiger partial charge in [0.1, 0.15) is 5.75 Å². The van der Waals surface area contributed by atoms with Crippen LogP contribution in [0.15, 0.2) is 46.8 Å². The minimum atomic E-state index is -0.458. The van der Waals surface area contributed by atoms with Crippen LogP contribution in [-0.2, 0) is 14.3 Å². The summed E-state index contributed by atoms with van der Waals surface area (Å²) in [4.78, 5) is 26.1. The van der Waals surface area contributed by atoms with Crippen molar-refractivity contribution in [2.45, 2.75) is 65.2 Å². The summed E-state index contributed by atoms with van der Waals surface area (Å²) in [6.07, 6.45) is 5.07. The average Bonchev–Trinajstić information content (AvgIpc) is 2.71. The van der Waals surface area contributed by atoms with Gasteiger partial charge in [-0.25, -0.2) is 4.79 Å². The molecule has 3 rings (SSSR count). The molecule has 0 amide bonds. The Morgan fingerprint density at radius 1 is 1.17 bits per heavy atom. The molecule has 1 atom stereocenters. The molecule has 29 heavy (non-hydrogen) atoms. The van der Waals surface area contributed by atoms with E-state index in [2.05, 4.69) is 12.2 Å². The van der Waals surface area contributed by atoms with Crippen molar-refractivity contribution in [3.8, 4) is 5.75 Å². The van der Waals surface area contributed by atoms with Crippen LogP contribution in [0.3, 0.4) is 0 Å². The fourth-order valence-electron chi connectivity index (χ4n) is 4.17. The van der Waals surface area contributed by atoms with E-state index in [-0.39, 0.29) is 11.8 Å². The van der Waals surface area contributed by atoms with E-state index in [1.54, 1.807) is 0 Å². The number of unbranched alkanes of at least 4 members (excludes halogenated alkanes) is 2. The number of nitrogens with one attached hydrogen (secondary N) is 1. The van der Waals surface area contributed by atoms with E-state index in [1.165, 1.54) is 0 Å². The van der Waals surface area contributed by atoms with Gasteiger partial charge < -0.3 is 14.8 Å². The molecular formula is C24H31NO4. The summed E-state index contributed by atoms with van der Waals surface area (Å²) >= 11 is 0. The quantitative estimate of drug-likeness (QED) is 0.505. The van der Waals surface area contributed by atoms with Gasteiger partial charge in [-0.2, -0.15) is 0 Å². The summed E-state index contributed by atoms with van der Waals surface area (Å²) in [7, 11) is 0. The Morgan fingerprint density at radius 3 is 2.72 bits per heavy atom. The maximum atomic E-state index is 13.1. The van der Waals surface area contributed by atoms with Gasteiger partial charge in [-0.3, -0.25) is 4.79 Å². The maximum Gasteiger partial charge on any atom is 0.336 e. The lowest BCUT2D eigenvalue weighted by molar-refractivity contribution is -0.139. The van der Waals surface area contributed by atoms with Crippen LogP contribution in [0, 0.1) is 0 Å². The minimum absolute atomic E-state index is 0.0961. The number of rotatable bonds is 8. The van der Waals surface area contributed by atoms with E-state index in [4.69, 9.17) is 9.47 Å². The Morgan fingerprint density at radius 2 is 1.97 bits per heavy atom. The van der Waals surface area contributed by atoms with E-state index in [0.717, 1.165) is 49.1 Å². The first-order valence-corrected chi connectivity index (χ1v) is 10.7. The molecule has 0 aromatic heterocycles. The second-order valence-corrected chi connectivity index (χ2v) is 7.58. The molecule has 1 aromatic rings. The summed E-state index contributed by atoms with van der Waals surface area (Å²) in [5, 5.41) is 3.33. The van der Waals surface area contributed by atoms with E-state index in [1.807, 2.05) is 38.1 Å². The lowest BCUT2D eigenvalue weighted by Gasteiger charge is -2.34. The van der Waals surface area contributed by atoms with Gasteiger partial charge in [0.05, 0.1) is 24.7 Å². The molecular weight excluding hydrogens is 366 g/mol. The zero-order valence-corrected chi connectivity index (χ0v) is 17.7. The molecule has 1 aliphatic carbocycles. The molecule has 0 fully saturated rings. The van der Waals surface area contributed by atoms with Crippen molar-refractivity contribution >= 4 is 11.8 Å². The number of carbonyl (C=O) groups excluding carboxylic acids is 2. The zero-order chi connectivity index (χ0) is 20.8. The van der Waals surface area contributed by atoms with Crippen LogP contribution in [-0.4, -0.2) is 25.0 Å². The van der Waals surface area contributed by atoms with Crippen molar-refractivity contribution in [1.82, 2.24) is 5.32 Å². The highest BCUT2D eigenvalue weighted by Gasteiger charge is 2.40. The molecule has 1 N–H and O–H groups in total. The number of para-hydroxylation sites is 1. The minimum Gasteiger partial charge on any atom is -0.494 e. The Balaban J connectivity index is 2.04. The molecule has 5 nitrogen and oxygen atoms in total. The number of hydrogen-bond donors (Lipinski definition) is 1. The highest BCUT2D eigenvalue weighted by Crippen LogP contribution is 2.45. The highest BCUT2D eigenvalue weighted by molar-refractivity contribution is 6.04. The Labute approximate surface area is 173 Å². The Kier molecular flexibility index (Phi) is 7.13. The van der Waals surface area contributed by atoms with Crippen molar-refractivity contribution in [2.75, 3.05) is 13.2 Å². The van der Waals surface area contributed by atoms with Crippen molar-refractivity contribution in [3.63, 3.8) is 0 Å². The van der Waals surface area contributed by atoms with E-state index in [0.29, 0.717) is 36.5 Å². The van der Waals surface area contributed by atoms with E-state index < -0.39 is 5.92 Å². The molecule has 0 saturated heterocycles. The smallest absolute Gasteiger partial charge is 0.336 e. The summed E-state index contributed by atoms with van der Waals surface area (Å²) in [6, 6.07) is 7.68. The summed E-state index contributed by atoms with van der Waals surface area (Å²) < 4.78 is 11.5. The first kappa shape index (κ1) is 21.2. The SMILES string of the molecule is CCCCCOC(=O)C1=C(C)NC2=C(C(=O)CCC2)[C@@H]1c1ccccc1OCC. The number of esters is 1. The summed E-state index contributed by atoms with van der Waals surface area (Å²) in [6.45, 7) is 6.84. The van der Waals surface area contributed by atoms with Crippen LogP contribution in [0.1, 0.15) is 70.8 Å². The normalized spacial score (nSPS) is 19.0. The van der Waals surface area contributed by atoms with Crippen molar-refractivity contribution in [2.24, 2.45) is 0 Å². The number of ether oxygens (including phenoxy) is 2. The van der Waals surface area contributed by atoms with Crippen LogP contribution in [0.2, 0.25) is 0 Å². The fourth-order valence-corrected chi connectivity index (χ4v) is 4.17. The third kappa shape index (κ3) is 4.55. The van der Waals surface area contributed by atoms with Gasteiger partial charge in [0.15, 0.2) is 5.78 Å². The monoisotopic (exact) mass is 397 g/mol. The van der Waals surface area contributed by atoms with Gasteiger partial charge in [-0.1, -0.05) is 38.0 Å². The molecule has 0 saturated carbocycles. The van der Waals surface area contributed by atoms with Gasteiger partial charge >= 0.3 is 5.97 Å². The molecule has 1 aliphatic heterocycles. The van der Waals surface area contributed by atoms with Crippen molar-refractivity contribution < 1.29 is 19.1 Å². The molecule has 1 heterocycles. The fraction of sp³-hybridized carbons (Fsp3) is 0.500. The van der Waals surface area contributed by atoms with Crippen LogP contribution >= 0.6 is 0 Å². The zero-order valence-electron chi connectivity index (χ0n) is 17.7. The van der Waals surface area contributed by atoms with E-state index in [9.17, 15) is 9.59 Å². The molecule has 5 heteroatoms. The lowest BCUT2D eigenvalue weighted by atomic mass is 9.75. The Bertz CT molecular complexity index is 837. The predicted octanol–water partition coefficient (Wildman–Crippen LogP) is 4.79. The average molecular weight is 398 g/mol. The number of carbonyl (C=O) groups is 2. The van der Waals surface area contributed by atoms with Gasteiger partial charge in [-0.05, 0) is 39.2 Å². The number of dihydropyridines is 1. The Hall–Kier alpha value is -2.56. The molecule has 2 aliphatic rings. The molecule has 0 spiro atoms. The lowest BCUT2D eigenvalue weighted by Crippen LogP contribution is -2.34. The predicted molar refractivity (Wildman–Crippen MR) is 113 cm³/mol. The molecule has 156 valence electrons. The third-order valence-electron chi connectivity index (χ3n) is 5.51. The molecule has 0 bridgehead atoms. The molecule has 0 radical (unpaired) electrons. The van der Waals surface area contributed by atoms with Crippen LogP contribution in [0.25, 0.3) is 0 Å².